The molecule has 0 aromatic carbocycles. The van der Waals surface area contributed by atoms with Crippen molar-refractivity contribution < 1.29 is 4.79 Å². The Bertz CT molecular complexity index is 716. The van der Waals surface area contributed by atoms with Crippen LogP contribution in [0.3, 0.4) is 0 Å². The molecule has 0 fully saturated rings. The second kappa shape index (κ2) is 6.30. The maximum atomic E-state index is 12.9. The normalized spacial score (nSPS) is 17.7. The van der Waals surface area contributed by atoms with Crippen LogP contribution in [0.2, 0.25) is 0 Å². The summed E-state index contributed by atoms with van der Waals surface area (Å²) >= 11 is 0. The van der Waals surface area contributed by atoms with E-state index in [0.717, 1.165) is 29.9 Å². The number of H-pyrrole nitrogens is 1. The summed E-state index contributed by atoms with van der Waals surface area (Å²) in [5.74, 6) is 0. The lowest BCUT2D eigenvalue weighted by molar-refractivity contribution is 0.170. The van der Waals surface area contributed by atoms with E-state index in [-0.39, 0.29) is 17.5 Å². The monoisotopic (exact) mass is 330 g/mol. The van der Waals surface area contributed by atoms with E-state index in [2.05, 4.69) is 41.2 Å². The van der Waals surface area contributed by atoms with Crippen LogP contribution in [0.4, 0.5) is 4.79 Å². The average Bonchev–Trinajstić information content (AvgIpc) is 3.20. The van der Waals surface area contributed by atoms with Gasteiger partial charge in [0.2, 0.25) is 0 Å². The molecule has 24 heavy (non-hydrogen) atoms. The minimum Gasteiger partial charge on any atom is -0.348 e. The zero-order chi connectivity index (χ0) is 17.3. The molecule has 3 heterocycles. The first-order valence-corrected chi connectivity index (χ1v) is 8.47. The van der Waals surface area contributed by atoms with Crippen molar-refractivity contribution in [1.82, 2.24) is 30.0 Å². The molecule has 2 N–H and O–H groups in total. The minimum atomic E-state index is -0.211. The van der Waals surface area contributed by atoms with Crippen LogP contribution in [0, 0.1) is 5.41 Å². The topological polar surface area (TPSA) is 78.8 Å². The molecule has 7 heteroatoms. The molecule has 0 spiro atoms. The van der Waals surface area contributed by atoms with Gasteiger partial charge in [-0.25, -0.2) is 9.78 Å². The predicted molar refractivity (Wildman–Crippen MR) is 91.5 cm³/mol. The van der Waals surface area contributed by atoms with Crippen molar-refractivity contribution in [2.45, 2.75) is 39.7 Å². The van der Waals surface area contributed by atoms with Gasteiger partial charge in [-0.2, -0.15) is 5.10 Å². The van der Waals surface area contributed by atoms with Gasteiger partial charge in [-0.15, -0.1) is 0 Å². The highest BCUT2D eigenvalue weighted by molar-refractivity contribution is 5.75. The fourth-order valence-electron chi connectivity index (χ4n) is 2.99. The third-order valence-corrected chi connectivity index (χ3v) is 5.00. The Morgan fingerprint density at radius 3 is 2.96 bits per heavy atom. The highest BCUT2D eigenvalue weighted by atomic mass is 16.2. The zero-order valence-electron chi connectivity index (χ0n) is 14.8. The first-order valence-electron chi connectivity index (χ1n) is 8.47. The Morgan fingerprint density at radius 1 is 1.50 bits per heavy atom. The van der Waals surface area contributed by atoms with Crippen molar-refractivity contribution in [3.63, 3.8) is 0 Å². The summed E-state index contributed by atoms with van der Waals surface area (Å²) in [6, 6.07) is 1.69. The van der Waals surface area contributed by atoms with E-state index in [1.165, 1.54) is 0 Å². The van der Waals surface area contributed by atoms with Gasteiger partial charge in [0, 0.05) is 38.4 Å². The molecule has 1 unspecified atom stereocenters. The van der Waals surface area contributed by atoms with E-state index in [1.807, 2.05) is 22.7 Å². The number of hydrogen-bond acceptors (Lipinski definition) is 3. The molecule has 1 atom stereocenters. The highest BCUT2D eigenvalue weighted by Crippen LogP contribution is 2.33. The van der Waals surface area contributed by atoms with Gasteiger partial charge in [-0.1, -0.05) is 20.8 Å². The third-order valence-electron chi connectivity index (χ3n) is 5.00. The number of aromatic nitrogens is 4. The number of hydrogen-bond donors (Lipinski definition) is 2. The van der Waals surface area contributed by atoms with Crippen molar-refractivity contribution in [1.29, 1.82) is 0 Å². The number of fused-ring (bicyclic) bond motifs is 1. The standard InChI is InChI=1S/C17H26N6O/c1-5-17(2,3)10-18-16(24)23-9-7-12-14(20-11-19-12)15(23)13-6-8-21-22(13)4/h6,8,11,15H,5,7,9-10H2,1-4H3,(H,18,24)(H,19,20). The molecule has 7 nitrogen and oxygen atoms in total. The van der Waals surface area contributed by atoms with Gasteiger partial charge in [-0.05, 0) is 17.9 Å². The van der Waals surface area contributed by atoms with Gasteiger partial charge >= 0.3 is 6.03 Å². The summed E-state index contributed by atoms with van der Waals surface area (Å²) in [4.78, 5) is 22.4. The molecule has 130 valence electrons. The van der Waals surface area contributed by atoms with Gasteiger partial charge in [0.1, 0.15) is 6.04 Å². The second-order valence-corrected chi connectivity index (χ2v) is 7.17. The number of rotatable bonds is 4. The number of nitrogens with one attached hydrogen (secondary N) is 2. The number of aromatic amines is 1. The molecular formula is C17H26N6O. The maximum absolute atomic E-state index is 12.9. The Kier molecular flexibility index (Phi) is 4.34. The molecule has 0 bridgehead atoms. The molecule has 0 saturated heterocycles. The quantitative estimate of drug-likeness (QED) is 0.902. The van der Waals surface area contributed by atoms with E-state index in [1.54, 1.807) is 12.5 Å². The third kappa shape index (κ3) is 3.02. The zero-order valence-corrected chi connectivity index (χ0v) is 14.8. The van der Waals surface area contributed by atoms with Crippen molar-refractivity contribution in [3.8, 4) is 0 Å². The summed E-state index contributed by atoms with van der Waals surface area (Å²) < 4.78 is 1.81. The Labute approximate surface area is 142 Å². The first-order chi connectivity index (χ1) is 11.4. The Hall–Kier alpha value is -2.31. The number of nitrogens with zero attached hydrogens (tertiary/aromatic N) is 4. The van der Waals surface area contributed by atoms with Gasteiger partial charge in [0.25, 0.3) is 0 Å². The smallest absolute Gasteiger partial charge is 0.318 e. The van der Waals surface area contributed by atoms with E-state index in [9.17, 15) is 4.79 Å². The summed E-state index contributed by atoms with van der Waals surface area (Å²) in [6.07, 6.45) is 5.26. The molecule has 2 aromatic rings. The molecule has 0 aliphatic carbocycles. The van der Waals surface area contributed by atoms with Crippen LogP contribution in [0.1, 0.15) is 50.3 Å². The van der Waals surface area contributed by atoms with Gasteiger partial charge < -0.3 is 15.2 Å². The number of carbonyl (C=O) groups is 1. The van der Waals surface area contributed by atoms with Crippen molar-refractivity contribution in [2.75, 3.05) is 13.1 Å². The largest absolute Gasteiger partial charge is 0.348 e. The van der Waals surface area contributed by atoms with Crippen LogP contribution in [0.5, 0.6) is 0 Å². The van der Waals surface area contributed by atoms with Gasteiger partial charge in [0.15, 0.2) is 0 Å². The summed E-state index contributed by atoms with van der Waals surface area (Å²) in [5.41, 5.74) is 3.06. The molecule has 2 aromatic heterocycles. The van der Waals surface area contributed by atoms with E-state index in [4.69, 9.17) is 0 Å². The van der Waals surface area contributed by atoms with Crippen LogP contribution in [-0.2, 0) is 13.5 Å². The van der Waals surface area contributed by atoms with Crippen molar-refractivity contribution in [3.05, 3.63) is 35.7 Å². The van der Waals surface area contributed by atoms with Crippen LogP contribution in [-0.4, -0.2) is 43.8 Å². The number of urea groups is 1. The van der Waals surface area contributed by atoms with Crippen LogP contribution in [0.15, 0.2) is 18.6 Å². The minimum absolute atomic E-state index is 0.0450. The lowest BCUT2D eigenvalue weighted by Gasteiger charge is -2.36. The first kappa shape index (κ1) is 16.5. The number of carbonyl (C=O) groups excluding carboxylic acids is 1. The molecule has 0 saturated carbocycles. The molecular weight excluding hydrogens is 304 g/mol. The Balaban J connectivity index is 1.86. The summed E-state index contributed by atoms with van der Waals surface area (Å²) in [7, 11) is 1.90. The average molecular weight is 330 g/mol. The fourth-order valence-corrected chi connectivity index (χ4v) is 2.99. The maximum Gasteiger partial charge on any atom is 0.318 e. The van der Waals surface area contributed by atoms with E-state index >= 15 is 0 Å². The van der Waals surface area contributed by atoms with Crippen LogP contribution >= 0.6 is 0 Å². The van der Waals surface area contributed by atoms with Crippen molar-refractivity contribution >= 4 is 6.03 Å². The lowest BCUT2D eigenvalue weighted by atomic mass is 9.90. The van der Waals surface area contributed by atoms with E-state index < -0.39 is 0 Å². The second-order valence-electron chi connectivity index (χ2n) is 7.17. The van der Waals surface area contributed by atoms with Gasteiger partial charge in [0.05, 0.1) is 17.7 Å². The molecule has 0 radical (unpaired) electrons. The Morgan fingerprint density at radius 2 is 2.29 bits per heavy atom. The summed E-state index contributed by atoms with van der Waals surface area (Å²) in [5, 5.41) is 7.36. The number of amides is 2. The number of imidazole rings is 1. The highest BCUT2D eigenvalue weighted by Gasteiger charge is 2.36. The SMILES string of the molecule is CCC(C)(C)CNC(=O)N1CCc2[nH]cnc2C1c1ccnn1C. The van der Waals surface area contributed by atoms with Gasteiger partial charge in [-0.3, -0.25) is 4.68 Å². The van der Waals surface area contributed by atoms with Crippen LogP contribution < -0.4 is 5.32 Å². The predicted octanol–water partition coefficient (Wildman–Crippen LogP) is 2.24. The lowest BCUT2D eigenvalue weighted by Crippen LogP contribution is -2.48. The van der Waals surface area contributed by atoms with E-state index in [0.29, 0.717) is 13.1 Å². The summed E-state index contributed by atoms with van der Waals surface area (Å²) in [6.45, 7) is 7.77. The molecule has 1 aliphatic rings. The van der Waals surface area contributed by atoms with Crippen molar-refractivity contribution in [2.24, 2.45) is 12.5 Å². The fraction of sp³-hybridized carbons (Fsp3) is 0.588. The molecule has 2 amide bonds. The number of aryl methyl sites for hydroxylation is 1. The van der Waals surface area contributed by atoms with Crippen LogP contribution in [0.25, 0.3) is 0 Å². The molecule has 1 aliphatic heterocycles. The molecule has 3 rings (SSSR count).